The average Bonchev–Trinajstić information content (AvgIpc) is 2.92. The molecule has 0 radical (unpaired) electrons. The minimum Gasteiger partial charge on any atom is -0.306 e. The Kier molecular flexibility index (Phi) is 2.85. The molecule has 0 saturated heterocycles. The summed E-state index contributed by atoms with van der Waals surface area (Å²) in [5.41, 5.74) is 2.79. The van der Waals surface area contributed by atoms with E-state index in [-0.39, 0.29) is 5.91 Å². The van der Waals surface area contributed by atoms with Crippen molar-refractivity contribution in [1.29, 1.82) is 0 Å². The van der Waals surface area contributed by atoms with Gasteiger partial charge >= 0.3 is 0 Å². The summed E-state index contributed by atoms with van der Waals surface area (Å²) in [7, 11) is 1.83. The highest BCUT2D eigenvalue weighted by Crippen LogP contribution is 2.29. The van der Waals surface area contributed by atoms with Crippen LogP contribution in [0.25, 0.3) is 0 Å². The maximum Gasteiger partial charge on any atom is 0.279 e. The minimum atomic E-state index is -0.00931. The SMILES string of the molecule is Cn1cc(I)c(C(=O)N2CCc3ccccc32)n1. The van der Waals surface area contributed by atoms with E-state index in [1.54, 1.807) is 4.68 Å². The zero-order valence-electron chi connectivity index (χ0n) is 9.93. The Labute approximate surface area is 119 Å². The predicted octanol–water partition coefficient (Wildman–Crippen LogP) is 2.23. The molecule has 1 aliphatic heterocycles. The van der Waals surface area contributed by atoms with Gasteiger partial charge in [-0.3, -0.25) is 9.48 Å². The van der Waals surface area contributed by atoms with E-state index in [0.717, 1.165) is 22.2 Å². The normalized spacial score (nSPS) is 13.8. The van der Waals surface area contributed by atoms with E-state index in [1.165, 1.54) is 5.56 Å². The number of hydrogen-bond donors (Lipinski definition) is 0. The van der Waals surface area contributed by atoms with E-state index >= 15 is 0 Å². The van der Waals surface area contributed by atoms with Crippen LogP contribution >= 0.6 is 22.6 Å². The summed E-state index contributed by atoms with van der Waals surface area (Å²) < 4.78 is 2.57. The summed E-state index contributed by atoms with van der Waals surface area (Å²) in [4.78, 5) is 14.3. The van der Waals surface area contributed by atoms with E-state index in [4.69, 9.17) is 0 Å². The summed E-state index contributed by atoms with van der Waals surface area (Å²) in [6.07, 6.45) is 2.78. The number of nitrogens with zero attached hydrogens (tertiary/aromatic N) is 3. The van der Waals surface area contributed by atoms with Crippen LogP contribution in [0.5, 0.6) is 0 Å². The quantitative estimate of drug-likeness (QED) is 0.738. The van der Waals surface area contributed by atoms with Crippen LogP contribution in [0.3, 0.4) is 0 Å². The zero-order chi connectivity index (χ0) is 12.7. The maximum absolute atomic E-state index is 12.5. The van der Waals surface area contributed by atoms with Gasteiger partial charge in [0.1, 0.15) is 0 Å². The van der Waals surface area contributed by atoms with Gasteiger partial charge in [-0.1, -0.05) is 18.2 Å². The van der Waals surface area contributed by atoms with Gasteiger partial charge in [0, 0.05) is 25.5 Å². The van der Waals surface area contributed by atoms with Crippen molar-refractivity contribution in [3.63, 3.8) is 0 Å². The number of carbonyl (C=O) groups excluding carboxylic acids is 1. The maximum atomic E-state index is 12.5. The first-order valence-corrected chi connectivity index (χ1v) is 6.83. The molecule has 92 valence electrons. The number of para-hydroxylation sites is 1. The summed E-state index contributed by atoms with van der Waals surface area (Å²) in [5, 5.41) is 4.25. The fraction of sp³-hybridized carbons (Fsp3) is 0.231. The Morgan fingerprint density at radius 3 is 2.89 bits per heavy atom. The lowest BCUT2D eigenvalue weighted by Crippen LogP contribution is -2.29. The fourth-order valence-corrected chi connectivity index (χ4v) is 3.02. The Morgan fingerprint density at radius 1 is 1.39 bits per heavy atom. The molecule has 0 atom stereocenters. The smallest absolute Gasteiger partial charge is 0.279 e. The number of anilines is 1. The second-order valence-electron chi connectivity index (χ2n) is 4.33. The van der Waals surface area contributed by atoms with Crippen LogP contribution in [0.15, 0.2) is 30.5 Å². The Balaban J connectivity index is 1.98. The minimum absolute atomic E-state index is 0.00931. The fourth-order valence-electron chi connectivity index (χ4n) is 2.28. The lowest BCUT2D eigenvalue weighted by molar-refractivity contribution is 0.0983. The van der Waals surface area contributed by atoms with Gasteiger partial charge in [-0.15, -0.1) is 0 Å². The zero-order valence-corrected chi connectivity index (χ0v) is 12.1. The molecule has 0 fully saturated rings. The molecule has 0 unspecified atom stereocenters. The number of fused-ring (bicyclic) bond motifs is 1. The third-order valence-electron chi connectivity index (χ3n) is 3.12. The topological polar surface area (TPSA) is 38.1 Å². The van der Waals surface area contributed by atoms with Crippen molar-refractivity contribution in [2.45, 2.75) is 6.42 Å². The Bertz CT molecular complexity index is 620. The second kappa shape index (κ2) is 4.38. The first-order chi connectivity index (χ1) is 8.66. The lowest BCUT2D eigenvalue weighted by atomic mass is 10.2. The van der Waals surface area contributed by atoms with Crippen molar-refractivity contribution in [2.75, 3.05) is 11.4 Å². The van der Waals surface area contributed by atoms with Gasteiger partial charge in [0.25, 0.3) is 5.91 Å². The van der Waals surface area contributed by atoms with E-state index in [1.807, 2.05) is 36.3 Å². The number of halogens is 1. The average molecular weight is 353 g/mol. The molecule has 18 heavy (non-hydrogen) atoms. The summed E-state index contributed by atoms with van der Waals surface area (Å²) >= 11 is 2.15. The number of aryl methyl sites for hydroxylation is 1. The van der Waals surface area contributed by atoms with Crippen LogP contribution in [0.4, 0.5) is 5.69 Å². The van der Waals surface area contributed by atoms with Crippen molar-refractivity contribution in [2.24, 2.45) is 7.05 Å². The molecule has 3 rings (SSSR count). The van der Waals surface area contributed by atoms with E-state index in [2.05, 4.69) is 33.8 Å². The van der Waals surface area contributed by atoms with Gasteiger partial charge in [-0.05, 0) is 40.6 Å². The van der Waals surface area contributed by atoms with Gasteiger partial charge in [0.2, 0.25) is 0 Å². The van der Waals surface area contributed by atoms with E-state index < -0.39 is 0 Å². The third-order valence-corrected chi connectivity index (χ3v) is 3.91. The van der Waals surface area contributed by atoms with Gasteiger partial charge in [0.05, 0.1) is 3.57 Å². The van der Waals surface area contributed by atoms with Gasteiger partial charge in [-0.2, -0.15) is 5.10 Å². The summed E-state index contributed by atoms with van der Waals surface area (Å²) in [5.74, 6) is -0.00931. The van der Waals surface area contributed by atoms with Crippen LogP contribution in [-0.2, 0) is 13.5 Å². The first-order valence-electron chi connectivity index (χ1n) is 5.76. The van der Waals surface area contributed by atoms with Crippen molar-refractivity contribution >= 4 is 34.2 Å². The highest BCUT2D eigenvalue weighted by atomic mass is 127. The lowest BCUT2D eigenvalue weighted by Gasteiger charge is -2.15. The molecular weight excluding hydrogens is 341 g/mol. The molecule has 1 aromatic carbocycles. The van der Waals surface area contributed by atoms with Crippen LogP contribution in [0.2, 0.25) is 0 Å². The second-order valence-corrected chi connectivity index (χ2v) is 5.50. The van der Waals surface area contributed by atoms with E-state index in [9.17, 15) is 4.79 Å². The molecule has 1 aliphatic rings. The summed E-state index contributed by atoms with van der Waals surface area (Å²) in [6.45, 7) is 0.741. The standard InChI is InChI=1S/C13H12IN3O/c1-16-8-10(14)12(15-16)13(18)17-7-6-9-4-2-3-5-11(9)17/h2-5,8H,6-7H2,1H3. The van der Waals surface area contributed by atoms with Crippen molar-refractivity contribution in [3.05, 3.63) is 45.3 Å². The molecule has 1 aromatic heterocycles. The monoisotopic (exact) mass is 353 g/mol. The largest absolute Gasteiger partial charge is 0.306 e. The van der Waals surface area contributed by atoms with Crippen molar-refractivity contribution in [1.82, 2.24) is 9.78 Å². The number of hydrogen-bond acceptors (Lipinski definition) is 2. The molecule has 0 N–H and O–H groups in total. The van der Waals surface area contributed by atoms with Crippen molar-refractivity contribution in [3.8, 4) is 0 Å². The molecule has 0 spiro atoms. The number of aromatic nitrogens is 2. The van der Waals surface area contributed by atoms with Crippen LogP contribution in [0.1, 0.15) is 16.1 Å². The third kappa shape index (κ3) is 1.82. The highest BCUT2D eigenvalue weighted by Gasteiger charge is 2.27. The predicted molar refractivity (Wildman–Crippen MR) is 77.7 cm³/mol. The molecule has 0 aliphatic carbocycles. The van der Waals surface area contributed by atoms with Gasteiger partial charge in [0.15, 0.2) is 5.69 Å². The van der Waals surface area contributed by atoms with Gasteiger partial charge in [-0.25, -0.2) is 0 Å². The first kappa shape index (κ1) is 11.7. The summed E-state index contributed by atoms with van der Waals surface area (Å²) in [6, 6.07) is 8.05. The number of benzene rings is 1. The molecular formula is C13H12IN3O. The van der Waals surface area contributed by atoms with Crippen LogP contribution < -0.4 is 4.90 Å². The molecule has 2 aromatic rings. The molecule has 2 heterocycles. The Hall–Kier alpha value is -1.37. The number of carbonyl (C=O) groups is 1. The molecule has 0 saturated carbocycles. The van der Waals surface area contributed by atoms with Gasteiger partial charge < -0.3 is 4.90 Å². The molecule has 5 heteroatoms. The van der Waals surface area contributed by atoms with Crippen molar-refractivity contribution < 1.29 is 4.79 Å². The van der Waals surface area contributed by atoms with Crippen LogP contribution in [0, 0.1) is 3.57 Å². The number of rotatable bonds is 1. The van der Waals surface area contributed by atoms with E-state index in [0.29, 0.717) is 5.69 Å². The Morgan fingerprint density at radius 2 is 2.17 bits per heavy atom. The highest BCUT2D eigenvalue weighted by molar-refractivity contribution is 14.1. The molecule has 0 bridgehead atoms. The molecule has 4 nitrogen and oxygen atoms in total. The number of amides is 1. The molecule has 1 amide bonds. The van der Waals surface area contributed by atoms with Crippen LogP contribution in [-0.4, -0.2) is 22.2 Å².